The fourth-order valence-electron chi connectivity index (χ4n) is 2.86. The van der Waals surface area contributed by atoms with Crippen LogP contribution in [0.1, 0.15) is 6.92 Å². The van der Waals surface area contributed by atoms with Gasteiger partial charge in [-0.15, -0.1) is 0 Å². The molecular weight excluding hydrogens is 328 g/mol. The topological polar surface area (TPSA) is 44.8 Å². The highest BCUT2D eigenvalue weighted by atomic mass is 16.6. The zero-order chi connectivity index (χ0) is 18.5. The third kappa shape index (κ3) is 3.86. The SMILES string of the molecule is C=C(C)C(=O)OC(COC)COc1c2ccccc2cc2ccccc12. The van der Waals surface area contributed by atoms with Gasteiger partial charge in [0, 0.05) is 23.5 Å². The Balaban J connectivity index is 1.93. The number of ether oxygens (including phenoxy) is 3. The third-order valence-electron chi connectivity index (χ3n) is 4.11. The molecular formula is C22H22O4. The van der Waals surface area contributed by atoms with Gasteiger partial charge in [0.2, 0.25) is 0 Å². The van der Waals surface area contributed by atoms with E-state index in [9.17, 15) is 4.79 Å². The van der Waals surface area contributed by atoms with Gasteiger partial charge in [0.05, 0.1) is 6.61 Å². The first-order valence-electron chi connectivity index (χ1n) is 8.49. The van der Waals surface area contributed by atoms with Crippen LogP contribution in [0.25, 0.3) is 21.5 Å². The second kappa shape index (κ2) is 8.02. The lowest BCUT2D eigenvalue weighted by Crippen LogP contribution is -2.29. The lowest BCUT2D eigenvalue weighted by atomic mass is 10.0. The smallest absolute Gasteiger partial charge is 0.333 e. The Morgan fingerprint density at radius 2 is 1.58 bits per heavy atom. The van der Waals surface area contributed by atoms with Crippen LogP contribution in [0.3, 0.4) is 0 Å². The highest BCUT2D eigenvalue weighted by Crippen LogP contribution is 2.34. The minimum absolute atomic E-state index is 0.199. The minimum atomic E-state index is -0.512. The predicted molar refractivity (Wildman–Crippen MR) is 104 cm³/mol. The van der Waals surface area contributed by atoms with Gasteiger partial charge < -0.3 is 14.2 Å². The molecule has 0 saturated heterocycles. The Kier molecular flexibility index (Phi) is 5.54. The molecule has 0 aromatic heterocycles. The Morgan fingerprint density at radius 3 is 2.12 bits per heavy atom. The molecule has 0 heterocycles. The maximum absolute atomic E-state index is 11.8. The van der Waals surface area contributed by atoms with Crippen molar-refractivity contribution in [2.75, 3.05) is 20.3 Å². The van der Waals surface area contributed by atoms with E-state index >= 15 is 0 Å². The van der Waals surface area contributed by atoms with E-state index in [1.807, 2.05) is 36.4 Å². The fourth-order valence-corrected chi connectivity index (χ4v) is 2.86. The molecule has 3 rings (SSSR count). The van der Waals surface area contributed by atoms with Crippen molar-refractivity contribution >= 4 is 27.5 Å². The highest BCUT2D eigenvalue weighted by Gasteiger charge is 2.17. The first-order chi connectivity index (χ1) is 12.6. The number of carbonyl (C=O) groups is 1. The molecule has 0 bridgehead atoms. The number of carbonyl (C=O) groups excluding carboxylic acids is 1. The third-order valence-corrected chi connectivity index (χ3v) is 4.11. The van der Waals surface area contributed by atoms with Crippen LogP contribution in [0.4, 0.5) is 0 Å². The standard InChI is InChI=1S/C22H22O4/c1-15(2)22(23)26-18(13-24-3)14-25-21-19-10-6-4-8-16(19)12-17-9-5-7-11-20(17)21/h4-12,18H,1,13-14H2,2-3H3. The number of esters is 1. The molecule has 0 aliphatic carbocycles. The summed E-state index contributed by atoms with van der Waals surface area (Å²) in [6.07, 6.45) is -0.512. The number of benzene rings is 3. The molecule has 26 heavy (non-hydrogen) atoms. The van der Waals surface area contributed by atoms with Gasteiger partial charge in [-0.1, -0.05) is 55.1 Å². The first-order valence-corrected chi connectivity index (χ1v) is 8.49. The summed E-state index contributed by atoms with van der Waals surface area (Å²) in [6.45, 7) is 5.68. The number of hydrogen-bond acceptors (Lipinski definition) is 4. The molecule has 4 nitrogen and oxygen atoms in total. The molecule has 3 aromatic rings. The Hall–Kier alpha value is -2.85. The van der Waals surface area contributed by atoms with Crippen LogP contribution in [0.2, 0.25) is 0 Å². The van der Waals surface area contributed by atoms with Crippen molar-refractivity contribution in [3.05, 3.63) is 66.7 Å². The molecule has 4 heteroatoms. The van der Waals surface area contributed by atoms with Crippen molar-refractivity contribution < 1.29 is 19.0 Å². The first kappa shape index (κ1) is 18.0. The van der Waals surface area contributed by atoms with Crippen molar-refractivity contribution in [3.63, 3.8) is 0 Å². The summed E-state index contributed by atoms with van der Waals surface area (Å²) in [5, 5.41) is 4.24. The summed E-state index contributed by atoms with van der Waals surface area (Å²) in [6, 6.07) is 18.3. The number of rotatable bonds is 7. The van der Waals surface area contributed by atoms with E-state index in [4.69, 9.17) is 14.2 Å². The quantitative estimate of drug-likeness (QED) is 0.357. The van der Waals surface area contributed by atoms with Gasteiger partial charge in [-0.25, -0.2) is 4.79 Å². The van der Waals surface area contributed by atoms with E-state index in [1.165, 1.54) is 0 Å². The van der Waals surface area contributed by atoms with Crippen molar-refractivity contribution in [3.8, 4) is 5.75 Å². The normalized spacial score (nSPS) is 12.1. The highest BCUT2D eigenvalue weighted by molar-refractivity contribution is 6.05. The van der Waals surface area contributed by atoms with Crippen molar-refractivity contribution in [1.82, 2.24) is 0 Å². The monoisotopic (exact) mass is 350 g/mol. The molecule has 0 aliphatic rings. The fraction of sp³-hybridized carbons (Fsp3) is 0.227. The number of hydrogen-bond donors (Lipinski definition) is 0. The molecule has 0 fully saturated rings. The van der Waals surface area contributed by atoms with E-state index < -0.39 is 12.1 Å². The summed E-state index contributed by atoms with van der Waals surface area (Å²) in [5.41, 5.74) is 0.349. The molecule has 1 unspecified atom stereocenters. The van der Waals surface area contributed by atoms with E-state index in [0.717, 1.165) is 27.3 Å². The lowest BCUT2D eigenvalue weighted by Gasteiger charge is -2.19. The largest absolute Gasteiger partial charge is 0.488 e. The van der Waals surface area contributed by atoms with Gasteiger partial charge in [0.15, 0.2) is 6.10 Å². The molecule has 0 amide bonds. The molecule has 134 valence electrons. The van der Waals surface area contributed by atoms with Crippen molar-refractivity contribution in [1.29, 1.82) is 0 Å². The molecule has 1 atom stereocenters. The second-order valence-electron chi connectivity index (χ2n) is 6.22. The van der Waals surface area contributed by atoms with Crippen LogP contribution < -0.4 is 4.74 Å². The summed E-state index contributed by atoms with van der Waals surface area (Å²) in [7, 11) is 1.56. The molecule has 0 spiro atoms. The molecule has 0 aliphatic heterocycles. The summed E-state index contributed by atoms with van der Waals surface area (Å²) < 4.78 is 16.7. The van der Waals surface area contributed by atoms with Crippen molar-refractivity contribution in [2.24, 2.45) is 0 Å². The number of methoxy groups -OCH3 is 1. The molecule has 0 saturated carbocycles. The van der Waals surface area contributed by atoms with Crippen LogP contribution in [-0.4, -0.2) is 32.4 Å². The zero-order valence-corrected chi connectivity index (χ0v) is 15.0. The Morgan fingerprint density at radius 1 is 1.00 bits per heavy atom. The van der Waals surface area contributed by atoms with Crippen LogP contribution in [0, 0.1) is 0 Å². The summed E-state index contributed by atoms with van der Waals surface area (Å²) in [5.74, 6) is 0.338. The summed E-state index contributed by atoms with van der Waals surface area (Å²) in [4.78, 5) is 11.8. The van der Waals surface area contributed by atoms with E-state index in [1.54, 1.807) is 14.0 Å². The lowest BCUT2D eigenvalue weighted by molar-refractivity contribution is -0.148. The Bertz CT molecular complexity index is 891. The van der Waals surface area contributed by atoms with Gasteiger partial charge >= 0.3 is 5.97 Å². The van der Waals surface area contributed by atoms with Gasteiger partial charge in [-0.05, 0) is 23.8 Å². The maximum Gasteiger partial charge on any atom is 0.333 e. The van der Waals surface area contributed by atoms with Crippen LogP contribution in [0.15, 0.2) is 66.7 Å². The number of fused-ring (bicyclic) bond motifs is 2. The van der Waals surface area contributed by atoms with Gasteiger partial charge in [-0.3, -0.25) is 0 Å². The van der Waals surface area contributed by atoms with Gasteiger partial charge in [0.25, 0.3) is 0 Å². The second-order valence-corrected chi connectivity index (χ2v) is 6.22. The van der Waals surface area contributed by atoms with Gasteiger partial charge in [0.1, 0.15) is 12.4 Å². The van der Waals surface area contributed by atoms with E-state index in [-0.39, 0.29) is 13.2 Å². The van der Waals surface area contributed by atoms with E-state index in [2.05, 4.69) is 24.8 Å². The van der Waals surface area contributed by atoms with Crippen LogP contribution >= 0.6 is 0 Å². The summed E-state index contributed by atoms with van der Waals surface area (Å²) >= 11 is 0. The van der Waals surface area contributed by atoms with Crippen LogP contribution in [-0.2, 0) is 14.3 Å². The maximum atomic E-state index is 11.8. The molecule has 3 aromatic carbocycles. The minimum Gasteiger partial charge on any atom is -0.488 e. The van der Waals surface area contributed by atoms with Crippen LogP contribution in [0.5, 0.6) is 5.75 Å². The van der Waals surface area contributed by atoms with Gasteiger partial charge in [-0.2, -0.15) is 0 Å². The molecule has 0 N–H and O–H groups in total. The van der Waals surface area contributed by atoms with E-state index in [0.29, 0.717) is 5.57 Å². The van der Waals surface area contributed by atoms with Crippen molar-refractivity contribution in [2.45, 2.75) is 13.0 Å². The average molecular weight is 350 g/mol. The predicted octanol–water partition coefficient (Wildman–Crippen LogP) is 4.51. The average Bonchev–Trinajstić information content (AvgIpc) is 2.65. The zero-order valence-electron chi connectivity index (χ0n) is 15.0. The molecule has 0 radical (unpaired) electrons. The Labute approximate surface area is 153 Å².